The van der Waals surface area contributed by atoms with Crippen LogP contribution in [0.2, 0.25) is 5.02 Å². The lowest BCUT2D eigenvalue weighted by molar-refractivity contribution is 0.0777. The van der Waals surface area contributed by atoms with Crippen molar-refractivity contribution in [3.63, 3.8) is 0 Å². The lowest BCUT2D eigenvalue weighted by atomic mass is 10.0. The Labute approximate surface area is 145 Å². The van der Waals surface area contributed by atoms with Crippen LogP contribution in [0.1, 0.15) is 10.4 Å². The zero-order valence-corrected chi connectivity index (χ0v) is 13.9. The predicted molar refractivity (Wildman–Crippen MR) is 92.6 cm³/mol. The number of halogens is 2. The molecule has 2 atom stereocenters. The molecule has 2 aliphatic rings. The van der Waals surface area contributed by atoms with Crippen LogP contribution in [0.3, 0.4) is 0 Å². The zero-order chi connectivity index (χ0) is 16.7. The minimum atomic E-state index is -0.470. The Morgan fingerprint density at radius 2 is 1.67 bits per heavy atom. The van der Waals surface area contributed by atoms with Gasteiger partial charge in [0.1, 0.15) is 5.82 Å². The fourth-order valence-corrected chi connectivity index (χ4v) is 3.83. The van der Waals surface area contributed by atoms with E-state index >= 15 is 0 Å². The Kier molecular flexibility index (Phi) is 4.02. The number of fused-ring (bicyclic) bond motifs is 1. The third kappa shape index (κ3) is 2.80. The van der Waals surface area contributed by atoms with Gasteiger partial charge in [-0.2, -0.15) is 0 Å². The van der Waals surface area contributed by atoms with Crippen LogP contribution in [0.4, 0.5) is 4.39 Å². The summed E-state index contributed by atoms with van der Waals surface area (Å²) in [7, 11) is 0. The fourth-order valence-electron chi connectivity index (χ4n) is 3.70. The minimum absolute atomic E-state index is 0.153. The molecule has 2 heterocycles. The Balaban J connectivity index is 1.56. The van der Waals surface area contributed by atoms with Gasteiger partial charge in [-0.05, 0) is 47.2 Å². The van der Waals surface area contributed by atoms with E-state index in [0.29, 0.717) is 16.9 Å². The summed E-state index contributed by atoms with van der Waals surface area (Å²) in [6, 6.07) is 12.0. The van der Waals surface area contributed by atoms with Crippen LogP contribution in [0.15, 0.2) is 42.5 Å². The molecule has 0 bridgehead atoms. The highest BCUT2D eigenvalue weighted by molar-refractivity contribution is 6.30. The van der Waals surface area contributed by atoms with Crippen LogP contribution in [-0.4, -0.2) is 37.0 Å². The van der Waals surface area contributed by atoms with E-state index in [9.17, 15) is 9.18 Å². The van der Waals surface area contributed by atoms with Crippen molar-refractivity contribution in [3.8, 4) is 11.1 Å². The molecule has 0 radical (unpaired) electrons. The molecule has 24 heavy (non-hydrogen) atoms. The third-order valence-corrected chi connectivity index (χ3v) is 5.31. The van der Waals surface area contributed by atoms with Crippen molar-refractivity contribution in [1.82, 2.24) is 10.2 Å². The summed E-state index contributed by atoms with van der Waals surface area (Å²) in [5.41, 5.74) is 1.77. The number of likely N-dealkylation sites (tertiary alicyclic amines) is 1. The maximum atomic E-state index is 14.5. The van der Waals surface area contributed by atoms with Crippen LogP contribution < -0.4 is 5.32 Å². The van der Waals surface area contributed by atoms with Gasteiger partial charge in [-0.25, -0.2) is 4.39 Å². The first-order chi connectivity index (χ1) is 11.6. The van der Waals surface area contributed by atoms with Crippen LogP contribution in [0.5, 0.6) is 0 Å². The van der Waals surface area contributed by atoms with Crippen molar-refractivity contribution in [2.75, 3.05) is 26.2 Å². The second-order valence-electron chi connectivity index (χ2n) is 6.59. The molecule has 0 aromatic heterocycles. The summed E-state index contributed by atoms with van der Waals surface area (Å²) in [4.78, 5) is 14.4. The molecule has 2 aliphatic heterocycles. The normalized spacial score (nSPS) is 22.7. The van der Waals surface area contributed by atoms with Crippen molar-refractivity contribution in [2.45, 2.75) is 0 Å². The van der Waals surface area contributed by atoms with E-state index in [0.717, 1.165) is 37.3 Å². The van der Waals surface area contributed by atoms with Gasteiger partial charge in [0.25, 0.3) is 5.91 Å². The van der Waals surface area contributed by atoms with E-state index in [4.69, 9.17) is 11.6 Å². The van der Waals surface area contributed by atoms with Gasteiger partial charge >= 0.3 is 0 Å². The van der Waals surface area contributed by atoms with Gasteiger partial charge < -0.3 is 10.2 Å². The molecule has 5 heteroatoms. The first kappa shape index (κ1) is 15.6. The lowest BCUT2D eigenvalue weighted by Gasteiger charge is -2.18. The van der Waals surface area contributed by atoms with E-state index < -0.39 is 5.82 Å². The van der Waals surface area contributed by atoms with Gasteiger partial charge in [0, 0.05) is 31.2 Å². The number of hydrogen-bond donors (Lipinski definition) is 1. The van der Waals surface area contributed by atoms with Crippen molar-refractivity contribution >= 4 is 17.5 Å². The summed E-state index contributed by atoms with van der Waals surface area (Å²) in [6.45, 7) is 3.34. The first-order valence-electron chi connectivity index (χ1n) is 8.17. The number of nitrogens with one attached hydrogen (secondary N) is 1. The molecule has 2 aromatic carbocycles. The average molecular weight is 345 g/mol. The molecule has 2 fully saturated rings. The highest BCUT2D eigenvalue weighted by atomic mass is 35.5. The molecule has 0 saturated carbocycles. The van der Waals surface area contributed by atoms with Crippen LogP contribution in [-0.2, 0) is 0 Å². The average Bonchev–Trinajstić information content (AvgIpc) is 3.16. The molecular weight excluding hydrogens is 327 g/mol. The monoisotopic (exact) mass is 344 g/mol. The topological polar surface area (TPSA) is 32.3 Å². The van der Waals surface area contributed by atoms with Crippen molar-refractivity contribution < 1.29 is 9.18 Å². The second-order valence-corrected chi connectivity index (χ2v) is 7.03. The van der Waals surface area contributed by atoms with Gasteiger partial charge in [0.05, 0.1) is 5.56 Å². The second kappa shape index (κ2) is 6.19. The van der Waals surface area contributed by atoms with E-state index in [1.54, 1.807) is 29.2 Å². The molecular formula is C19H18ClFN2O. The van der Waals surface area contributed by atoms with E-state index in [1.165, 1.54) is 6.07 Å². The van der Waals surface area contributed by atoms with Crippen LogP contribution in [0, 0.1) is 17.7 Å². The molecule has 2 saturated heterocycles. The predicted octanol–water partition coefficient (Wildman–Crippen LogP) is 3.44. The summed E-state index contributed by atoms with van der Waals surface area (Å²) in [5.74, 6) is 0.336. The van der Waals surface area contributed by atoms with Gasteiger partial charge in [-0.3, -0.25) is 4.79 Å². The number of amides is 1. The Hall–Kier alpha value is -1.91. The quantitative estimate of drug-likeness (QED) is 0.905. The van der Waals surface area contributed by atoms with E-state index in [-0.39, 0.29) is 11.5 Å². The number of rotatable bonds is 2. The Morgan fingerprint density at radius 3 is 2.29 bits per heavy atom. The molecule has 1 amide bonds. The van der Waals surface area contributed by atoms with Gasteiger partial charge in [0.15, 0.2) is 0 Å². The van der Waals surface area contributed by atoms with Gasteiger partial charge in [0.2, 0.25) is 0 Å². The summed E-state index contributed by atoms with van der Waals surface area (Å²) < 4.78 is 14.5. The fraction of sp³-hybridized carbons (Fsp3) is 0.316. The number of hydrogen-bond acceptors (Lipinski definition) is 2. The number of nitrogens with zero attached hydrogens (tertiary/aromatic N) is 1. The highest BCUT2D eigenvalue weighted by Gasteiger charge is 2.38. The zero-order valence-electron chi connectivity index (χ0n) is 13.1. The highest BCUT2D eigenvalue weighted by Crippen LogP contribution is 2.29. The Bertz CT molecular complexity index is 765. The largest absolute Gasteiger partial charge is 0.338 e. The molecule has 1 N–H and O–H groups in total. The number of carbonyl (C=O) groups excluding carboxylic acids is 1. The molecule has 3 nitrogen and oxygen atoms in total. The van der Waals surface area contributed by atoms with Crippen molar-refractivity contribution in [3.05, 3.63) is 58.9 Å². The molecule has 0 unspecified atom stereocenters. The van der Waals surface area contributed by atoms with E-state index in [1.807, 2.05) is 12.1 Å². The number of carbonyl (C=O) groups is 1. The van der Waals surface area contributed by atoms with Gasteiger partial charge in [-0.1, -0.05) is 29.8 Å². The van der Waals surface area contributed by atoms with Crippen molar-refractivity contribution in [1.29, 1.82) is 0 Å². The maximum absolute atomic E-state index is 14.5. The molecule has 2 aromatic rings. The van der Waals surface area contributed by atoms with Gasteiger partial charge in [-0.15, -0.1) is 0 Å². The van der Waals surface area contributed by atoms with E-state index in [2.05, 4.69) is 5.32 Å². The van der Waals surface area contributed by atoms with Crippen LogP contribution >= 0.6 is 11.6 Å². The SMILES string of the molecule is O=C(c1ccc(-c2ccc(Cl)cc2)cc1F)N1C[C@H]2CNC[C@H]2C1. The summed E-state index contributed by atoms with van der Waals surface area (Å²) in [5, 5.41) is 3.98. The third-order valence-electron chi connectivity index (χ3n) is 5.05. The molecule has 0 spiro atoms. The summed E-state index contributed by atoms with van der Waals surface area (Å²) >= 11 is 5.88. The Morgan fingerprint density at radius 1 is 1.04 bits per heavy atom. The standard InChI is InChI=1S/C19H18ClFN2O/c20-16-4-1-12(2-5-16)13-3-6-17(18(21)7-13)19(24)23-10-14-8-22-9-15(14)11-23/h1-7,14-15,22H,8-11H2/t14-,15+. The molecule has 0 aliphatic carbocycles. The minimum Gasteiger partial charge on any atom is -0.338 e. The maximum Gasteiger partial charge on any atom is 0.256 e. The summed E-state index contributed by atoms with van der Waals surface area (Å²) in [6.07, 6.45) is 0. The molecule has 124 valence electrons. The van der Waals surface area contributed by atoms with Crippen molar-refractivity contribution in [2.24, 2.45) is 11.8 Å². The number of benzene rings is 2. The molecule has 4 rings (SSSR count). The first-order valence-corrected chi connectivity index (χ1v) is 8.55. The van der Waals surface area contributed by atoms with Crippen LogP contribution in [0.25, 0.3) is 11.1 Å². The smallest absolute Gasteiger partial charge is 0.256 e. The lowest BCUT2D eigenvalue weighted by Crippen LogP contribution is -2.32.